The van der Waals surface area contributed by atoms with Crippen LogP contribution in [0.1, 0.15) is 0 Å². The predicted octanol–water partition coefficient (Wildman–Crippen LogP) is 1.19. The van der Waals surface area contributed by atoms with Gasteiger partial charge in [-0.3, -0.25) is 0 Å². The molecule has 0 saturated carbocycles. The Labute approximate surface area is 52.5 Å². The van der Waals surface area contributed by atoms with Crippen LogP contribution in [0.4, 0.5) is 0 Å². The fourth-order valence-electron chi connectivity index (χ4n) is 0.836. The normalized spacial score (nSPS) is 9.20. The first-order valence-electron chi connectivity index (χ1n) is 2.79. The van der Waals surface area contributed by atoms with E-state index in [1.165, 1.54) is 0 Å². The zero-order chi connectivity index (χ0) is 6.10. The number of imidazole rings is 1. The summed E-state index contributed by atoms with van der Waals surface area (Å²) in [7, 11) is 0. The summed E-state index contributed by atoms with van der Waals surface area (Å²) in [5.41, 5.74) is 1.94. The van der Waals surface area contributed by atoms with Crippen LogP contribution in [0.5, 0.6) is 0 Å². The zero-order valence-corrected chi connectivity index (χ0v) is 11.9. The Balaban J connectivity index is 0.000000500. The third-order valence-electron chi connectivity index (χ3n) is 1.28. The molecule has 10 heavy (non-hydrogen) atoms. The van der Waals surface area contributed by atoms with Crippen LogP contribution in [-0.4, -0.2) is 4.98 Å². The van der Waals surface area contributed by atoms with Crippen molar-refractivity contribution in [1.82, 2.24) is 9.97 Å². The fraction of sp³-hybridized carbons (Fsp3) is 0. The van der Waals surface area contributed by atoms with Gasteiger partial charge >= 0.3 is 0 Å². The molecule has 0 unspecified atom stereocenters. The van der Waals surface area contributed by atoms with Gasteiger partial charge in [-0.15, -0.1) is 0 Å². The number of nitrogens with zero attached hydrogens (tertiary/aromatic N) is 2. The fourth-order valence-corrected chi connectivity index (χ4v) is 0.836. The van der Waals surface area contributed by atoms with Crippen molar-refractivity contribution in [3.05, 3.63) is 30.6 Å². The Morgan fingerprint density at radius 1 is 1.20 bits per heavy atom. The third-order valence-corrected chi connectivity index (χ3v) is 1.28. The molecule has 0 atom stereocenters. The topological polar surface area (TPSA) is 27.0 Å². The summed E-state index contributed by atoms with van der Waals surface area (Å²) in [6, 6.07) is 7.80. The minimum absolute atomic E-state index is 0. The van der Waals surface area contributed by atoms with E-state index in [9.17, 15) is 0 Å². The van der Waals surface area contributed by atoms with Crippen LogP contribution < -0.4 is 4.98 Å². The molecule has 0 saturated heterocycles. The molecule has 1 aromatic carbocycles. The maximum absolute atomic E-state index is 4.01. The van der Waals surface area contributed by atoms with Crippen LogP contribution in [0.15, 0.2) is 30.6 Å². The van der Waals surface area contributed by atoms with Gasteiger partial charge in [-0.05, 0) is 11.0 Å². The van der Waals surface area contributed by atoms with Gasteiger partial charge in [-0.2, -0.15) is 0 Å². The molecule has 0 spiro atoms. The van der Waals surface area contributed by atoms with Crippen molar-refractivity contribution in [3.63, 3.8) is 0 Å². The summed E-state index contributed by atoms with van der Waals surface area (Å²) >= 11 is 0. The van der Waals surface area contributed by atoms with E-state index in [0.717, 1.165) is 11.0 Å². The average molecular weight is 384 g/mol. The summed E-state index contributed by atoms with van der Waals surface area (Å²) in [6.45, 7) is 0. The molecule has 2 nitrogen and oxygen atoms in total. The molecule has 0 N–H and O–H groups in total. The summed E-state index contributed by atoms with van der Waals surface area (Å²) in [5, 5.41) is 0. The first-order chi connectivity index (χ1) is 4.47. The van der Waals surface area contributed by atoms with Gasteiger partial charge in [-0.25, -0.2) is 0 Å². The van der Waals surface area contributed by atoms with Gasteiger partial charge in [0, 0.05) is 0 Å². The molecule has 1 heterocycles. The Kier molecular flexibility index (Phi) is 1.10. The van der Waals surface area contributed by atoms with Gasteiger partial charge in [0.15, 0.2) is 0 Å². The first kappa shape index (κ1) is 5.82. The van der Waals surface area contributed by atoms with Crippen molar-refractivity contribution in [2.24, 2.45) is 0 Å². The minimum atomic E-state index is 0. The van der Waals surface area contributed by atoms with Crippen LogP contribution >= 0.6 is 0 Å². The Morgan fingerprint density at radius 2 is 2.00 bits per heavy atom. The predicted molar refractivity (Wildman–Crippen MR) is 35.1 cm³/mol. The molecule has 1 aromatic heterocycles. The maximum atomic E-state index is 4.01. The average Bonchev–Trinajstić information content (AvgIpc) is 2.33. The van der Waals surface area contributed by atoms with Gasteiger partial charge in [0.25, 0.3) is 0 Å². The summed E-state index contributed by atoms with van der Waals surface area (Å²) in [5.74, 6) is 0. The molecule has 0 aliphatic heterocycles. The van der Waals surface area contributed by atoms with Crippen LogP contribution in [0.3, 0.4) is 0 Å². The van der Waals surface area contributed by atoms with Crippen LogP contribution in [0.25, 0.3) is 11.0 Å². The standard InChI is InChI=1S/C7H5N2.Rf/c1-2-4-7-6(3-1)8-5-9-7;/h1-5H;/q-1;. The number of fused-ring (bicyclic) bond motifs is 1. The van der Waals surface area contributed by atoms with E-state index in [0.29, 0.717) is 0 Å². The minimum Gasteiger partial charge on any atom is -0.443 e. The number of hydrogen-bond acceptors (Lipinski definition) is 1. The van der Waals surface area contributed by atoms with E-state index in [-0.39, 0.29) is 0 Å². The van der Waals surface area contributed by atoms with E-state index in [2.05, 4.69) is 9.97 Å². The van der Waals surface area contributed by atoms with E-state index in [1.54, 1.807) is 6.33 Å². The largest absolute Gasteiger partial charge is 0.443 e. The van der Waals surface area contributed by atoms with Crippen molar-refractivity contribution in [3.8, 4) is 0 Å². The number of aromatic nitrogens is 2. The number of hydrogen-bond donors (Lipinski definition) is 0. The van der Waals surface area contributed by atoms with Crippen molar-refractivity contribution in [2.75, 3.05) is 0 Å². The van der Waals surface area contributed by atoms with Crippen LogP contribution in [-0.2, 0) is 0 Å². The van der Waals surface area contributed by atoms with E-state index >= 15 is 0 Å². The third kappa shape index (κ3) is 0.580. The molecule has 2 aromatic rings. The molecule has 0 amide bonds. The van der Waals surface area contributed by atoms with E-state index in [1.807, 2.05) is 24.3 Å². The van der Waals surface area contributed by atoms with Crippen molar-refractivity contribution >= 4 is 11.0 Å². The SMILES string of the molecule is [Rf].c1ccc2[n-]cnc2c1. The van der Waals surface area contributed by atoms with Gasteiger partial charge in [0.2, 0.25) is 0 Å². The molecular weight excluding hydrogens is 379 g/mol. The monoisotopic (exact) mass is 384 g/mol. The Bertz CT molecular complexity index is 286. The molecule has 0 bridgehead atoms. The molecule has 46 valence electrons. The molecule has 0 aliphatic rings. The summed E-state index contributed by atoms with van der Waals surface area (Å²) in [6.07, 6.45) is 1.57. The van der Waals surface area contributed by atoms with Gasteiger partial charge < -0.3 is 9.97 Å². The Morgan fingerprint density at radius 3 is 2.80 bits per heavy atom. The second kappa shape index (κ2) is 1.90. The quantitative estimate of drug-likeness (QED) is 0.683. The molecular formula is C7H5N2Rf-. The maximum Gasteiger partial charge on any atom is 0 e. The smallest absolute Gasteiger partial charge is 0 e. The summed E-state index contributed by atoms with van der Waals surface area (Å²) in [4.78, 5) is 8.02. The zero-order valence-electron chi connectivity index (χ0n) is 5.49. The van der Waals surface area contributed by atoms with Crippen molar-refractivity contribution < 1.29 is 0 Å². The second-order valence-corrected chi connectivity index (χ2v) is 1.86. The molecule has 3 heteroatoms. The van der Waals surface area contributed by atoms with Crippen molar-refractivity contribution in [2.45, 2.75) is 0 Å². The van der Waals surface area contributed by atoms with Crippen LogP contribution in [0, 0.1) is 0 Å². The van der Waals surface area contributed by atoms with Crippen LogP contribution in [0.2, 0.25) is 0 Å². The van der Waals surface area contributed by atoms with Gasteiger partial charge in [0.1, 0.15) is 0 Å². The number of benzene rings is 1. The number of para-hydroxylation sites is 2. The molecule has 2 rings (SSSR count). The molecule has 0 fully saturated rings. The number of rotatable bonds is 0. The van der Waals surface area contributed by atoms with E-state index < -0.39 is 0 Å². The summed E-state index contributed by atoms with van der Waals surface area (Å²) < 4.78 is 0. The molecule has 0 radical (unpaired) electrons. The Hall–Kier alpha value is -2.31. The van der Waals surface area contributed by atoms with Crippen molar-refractivity contribution in [1.29, 1.82) is 0 Å². The van der Waals surface area contributed by atoms with E-state index in [4.69, 9.17) is 0 Å². The second-order valence-electron chi connectivity index (χ2n) is 1.86. The molecule has 0 aliphatic carbocycles. The first-order valence-corrected chi connectivity index (χ1v) is 2.79. The van der Waals surface area contributed by atoms with Gasteiger partial charge in [-0.1, -0.05) is 30.6 Å². The van der Waals surface area contributed by atoms with Gasteiger partial charge in [0.05, 0.1) is 0 Å².